The van der Waals surface area contributed by atoms with Crippen LogP contribution in [0, 0.1) is 5.82 Å². The van der Waals surface area contributed by atoms with Gasteiger partial charge in [0.15, 0.2) is 0 Å². The maximum atomic E-state index is 13.2. The first-order chi connectivity index (χ1) is 6.50. The van der Waals surface area contributed by atoms with Gasteiger partial charge in [0.2, 0.25) is 0 Å². The van der Waals surface area contributed by atoms with Gasteiger partial charge >= 0.3 is 0 Å². The van der Waals surface area contributed by atoms with Crippen LogP contribution in [0.15, 0.2) is 16.6 Å². The quantitative estimate of drug-likeness (QED) is 0.832. The lowest BCUT2D eigenvalue weighted by Crippen LogP contribution is -2.22. The van der Waals surface area contributed by atoms with Gasteiger partial charge in [-0.25, -0.2) is 4.39 Å². The van der Waals surface area contributed by atoms with Crippen LogP contribution < -0.4 is 5.32 Å². The average molecular weight is 281 g/mol. The van der Waals surface area contributed by atoms with Crippen LogP contribution in [0.5, 0.6) is 0 Å². The minimum absolute atomic E-state index is 0.282. The predicted molar refractivity (Wildman–Crippen MR) is 61.1 cm³/mol. The molecule has 14 heavy (non-hydrogen) atoms. The first-order valence-corrected chi connectivity index (χ1v) is 5.54. The van der Waals surface area contributed by atoms with Crippen molar-refractivity contribution < 1.29 is 4.39 Å². The molecule has 0 atom stereocenters. The van der Waals surface area contributed by atoms with E-state index in [0.29, 0.717) is 22.1 Å². The molecule has 0 saturated heterocycles. The van der Waals surface area contributed by atoms with Crippen molar-refractivity contribution in [2.75, 3.05) is 0 Å². The van der Waals surface area contributed by atoms with Gasteiger partial charge in [-0.05, 0) is 33.6 Å². The molecule has 0 fully saturated rings. The summed E-state index contributed by atoms with van der Waals surface area (Å²) in [5, 5.41) is 3.76. The van der Waals surface area contributed by atoms with Crippen LogP contribution in [0.4, 0.5) is 4.39 Å². The Morgan fingerprint density at radius 2 is 2.14 bits per heavy atom. The molecule has 1 nitrogen and oxygen atoms in total. The Kier molecular flexibility index (Phi) is 4.35. The SMILES string of the molecule is CC(C)NCc1cc(F)c(Br)cc1Cl. The van der Waals surface area contributed by atoms with Crippen molar-refractivity contribution in [3.8, 4) is 0 Å². The molecule has 1 aromatic rings. The smallest absolute Gasteiger partial charge is 0.137 e. The standard InChI is InChI=1S/C10H12BrClFN/c1-6(2)14-5-7-3-10(13)8(11)4-9(7)12/h3-4,6,14H,5H2,1-2H3. The molecular weight excluding hydrogens is 268 g/mol. The van der Waals surface area contributed by atoms with E-state index in [4.69, 9.17) is 11.6 Å². The fourth-order valence-corrected chi connectivity index (χ4v) is 1.72. The van der Waals surface area contributed by atoms with Gasteiger partial charge in [-0.2, -0.15) is 0 Å². The highest BCUT2D eigenvalue weighted by Gasteiger charge is 2.06. The van der Waals surface area contributed by atoms with E-state index >= 15 is 0 Å². The molecule has 0 aliphatic carbocycles. The van der Waals surface area contributed by atoms with Gasteiger partial charge in [0.25, 0.3) is 0 Å². The minimum Gasteiger partial charge on any atom is -0.310 e. The van der Waals surface area contributed by atoms with Gasteiger partial charge in [0.1, 0.15) is 5.82 Å². The van der Waals surface area contributed by atoms with E-state index in [0.717, 1.165) is 5.56 Å². The second-order valence-corrected chi connectivity index (χ2v) is 4.65. The molecule has 0 saturated carbocycles. The van der Waals surface area contributed by atoms with Crippen molar-refractivity contribution in [3.05, 3.63) is 33.0 Å². The summed E-state index contributed by atoms with van der Waals surface area (Å²) in [6.07, 6.45) is 0. The molecule has 0 aliphatic rings. The summed E-state index contributed by atoms with van der Waals surface area (Å²) >= 11 is 9.03. The third kappa shape index (κ3) is 3.23. The maximum Gasteiger partial charge on any atom is 0.137 e. The number of halogens is 3. The van der Waals surface area contributed by atoms with Crippen LogP contribution in [-0.2, 0) is 6.54 Å². The molecule has 1 N–H and O–H groups in total. The van der Waals surface area contributed by atoms with Crippen molar-refractivity contribution in [2.24, 2.45) is 0 Å². The van der Waals surface area contributed by atoms with Gasteiger partial charge in [-0.15, -0.1) is 0 Å². The van der Waals surface area contributed by atoms with E-state index in [1.807, 2.05) is 13.8 Å². The zero-order valence-corrected chi connectivity index (χ0v) is 10.4. The Hall–Kier alpha value is -0.120. The Morgan fingerprint density at radius 3 is 2.71 bits per heavy atom. The molecule has 0 heterocycles. The van der Waals surface area contributed by atoms with E-state index in [-0.39, 0.29) is 5.82 Å². The van der Waals surface area contributed by atoms with Crippen molar-refractivity contribution in [2.45, 2.75) is 26.4 Å². The largest absolute Gasteiger partial charge is 0.310 e. The van der Waals surface area contributed by atoms with Crippen LogP contribution in [-0.4, -0.2) is 6.04 Å². The zero-order chi connectivity index (χ0) is 10.7. The molecular formula is C10H12BrClFN. The molecule has 0 aromatic heterocycles. The maximum absolute atomic E-state index is 13.2. The molecule has 0 bridgehead atoms. The lowest BCUT2D eigenvalue weighted by Gasteiger charge is -2.10. The van der Waals surface area contributed by atoms with Gasteiger partial charge < -0.3 is 5.32 Å². The summed E-state index contributed by atoms with van der Waals surface area (Å²) in [4.78, 5) is 0. The summed E-state index contributed by atoms with van der Waals surface area (Å²) in [5.41, 5.74) is 0.779. The van der Waals surface area contributed by atoms with Crippen LogP contribution in [0.2, 0.25) is 5.02 Å². The van der Waals surface area contributed by atoms with Crippen LogP contribution in [0.25, 0.3) is 0 Å². The van der Waals surface area contributed by atoms with E-state index < -0.39 is 0 Å². The van der Waals surface area contributed by atoms with Crippen molar-refractivity contribution in [1.29, 1.82) is 0 Å². The lowest BCUT2D eigenvalue weighted by atomic mass is 10.2. The van der Waals surface area contributed by atoms with E-state index in [2.05, 4.69) is 21.2 Å². The van der Waals surface area contributed by atoms with Gasteiger partial charge in [0, 0.05) is 17.6 Å². The average Bonchev–Trinajstić information content (AvgIpc) is 2.09. The number of hydrogen-bond acceptors (Lipinski definition) is 1. The third-order valence-corrected chi connectivity index (χ3v) is 2.75. The normalized spacial score (nSPS) is 11.0. The monoisotopic (exact) mass is 279 g/mol. The molecule has 0 unspecified atom stereocenters. The van der Waals surface area contributed by atoms with E-state index in [1.165, 1.54) is 6.07 Å². The van der Waals surface area contributed by atoms with Crippen LogP contribution in [0.1, 0.15) is 19.4 Å². The molecule has 1 rings (SSSR count). The highest BCUT2D eigenvalue weighted by Crippen LogP contribution is 2.24. The van der Waals surface area contributed by atoms with Crippen molar-refractivity contribution in [3.63, 3.8) is 0 Å². The molecule has 0 amide bonds. The summed E-state index contributed by atoms with van der Waals surface area (Å²) in [7, 11) is 0. The second-order valence-electron chi connectivity index (χ2n) is 3.39. The van der Waals surface area contributed by atoms with E-state index in [1.54, 1.807) is 6.07 Å². The summed E-state index contributed by atoms with van der Waals surface area (Å²) in [6, 6.07) is 3.38. The van der Waals surface area contributed by atoms with Gasteiger partial charge in [0.05, 0.1) is 4.47 Å². The fourth-order valence-electron chi connectivity index (χ4n) is 1.01. The summed E-state index contributed by atoms with van der Waals surface area (Å²) in [6.45, 7) is 4.65. The summed E-state index contributed by atoms with van der Waals surface area (Å²) in [5.74, 6) is -0.282. The Bertz CT molecular complexity index is 328. The highest BCUT2D eigenvalue weighted by molar-refractivity contribution is 9.10. The van der Waals surface area contributed by atoms with Gasteiger partial charge in [-0.3, -0.25) is 0 Å². The molecule has 0 radical (unpaired) electrons. The highest BCUT2D eigenvalue weighted by atomic mass is 79.9. The number of benzene rings is 1. The molecule has 0 spiro atoms. The Morgan fingerprint density at radius 1 is 1.50 bits per heavy atom. The number of hydrogen-bond donors (Lipinski definition) is 1. The molecule has 4 heteroatoms. The Balaban J connectivity index is 2.82. The van der Waals surface area contributed by atoms with Crippen LogP contribution >= 0.6 is 27.5 Å². The second kappa shape index (κ2) is 5.10. The fraction of sp³-hybridized carbons (Fsp3) is 0.400. The summed E-state index contributed by atoms with van der Waals surface area (Å²) < 4.78 is 13.5. The molecule has 1 aromatic carbocycles. The first-order valence-electron chi connectivity index (χ1n) is 4.37. The van der Waals surface area contributed by atoms with Gasteiger partial charge in [-0.1, -0.05) is 25.4 Å². The van der Waals surface area contributed by atoms with Crippen LogP contribution in [0.3, 0.4) is 0 Å². The minimum atomic E-state index is -0.282. The van der Waals surface area contributed by atoms with Crippen molar-refractivity contribution >= 4 is 27.5 Å². The number of rotatable bonds is 3. The lowest BCUT2D eigenvalue weighted by molar-refractivity contribution is 0.580. The Labute approximate surface area is 96.8 Å². The first kappa shape index (κ1) is 12.0. The number of nitrogens with one attached hydrogen (secondary N) is 1. The predicted octanol–water partition coefficient (Wildman–Crippen LogP) is 3.74. The zero-order valence-electron chi connectivity index (χ0n) is 8.07. The van der Waals surface area contributed by atoms with Crippen molar-refractivity contribution in [1.82, 2.24) is 5.32 Å². The topological polar surface area (TPSA) is 12.0 Å². The third-order valence-electron chi connectivity index (χ3n) is 1.79. The van der Waals surface area contributed by atoms with E-state index in [9.17, 15) is 4.39 Å². The molecule has 78 valence electrons. The molecule has 0 aliphatic heterocycles.